The number of carbonyl (C=O) groups is 3. The van der Waals surface area contributed by atoms with Crippen LogP contribution in [-0.4, -0.2) is 46.9 Å². The first-order chi connectivity index (χ1) is 11.8. The molecule has 1 rings (SSSR count). The molecule has 0 unspecified atom stereocenters. The number of nitrogens with one attached hydrogen (secondary N) is 2. The Morgan fingerprint density at radius 3 is 2.32 bits per heavy atom. The minimum atomic E-state index is -1.32. The highest BCUT2D eigenvalue weighted by molar-refractivity contribution is 5.89. The van der Waals surface area contributed by atoms with Crippen LogP contribution in [0.1, 0.15) is 18.9 Å². The smallest absolute Gasteiger partial charge is 0.408 e. The quantitative estimate of drug-likeness (QED) is 0.489. The Bertz CT molecular complexity index is 617. The van der Waals surface area contributed by atoms with E-state index in [1.807, 2.05) is 6.07 Å². The number of alkyl carbamates (subject to hydrolysis) is 1. The highest BCUT2D eigenvalue weighted by Gasteiger charge is 2.26. The van der Waals surface area contributed by atoms with Gasteiger partial charge in [-0.25, -0.2) is 9.59 Å². The second-order valence-corrected chi connectivity index (χ2v) is 5.50. The molecule has 0 aliphatic carbocycles. The Balaban J connectivity index is 2.55. The first-order valence-electron chi connectivity index (χ1n) is 7.59. The summed E-state index contributed by atoms with van der Waals surface area (Å²) >= 11 is 0. The highest BCUT2D eigenvalue weighted by atomic mass is 16.5. The third-order valence-electron chi connectivity index (χ3n) is 3.17. The number of benzene rings is 1. The Labute approximate surface area is 145 Å². The van der Waals surface area contributed by atoms with Gasteiger partial charge in [0.05, 0.1) is 6.61 Å². The normalized spacial score (nSPS) is 12.6. The van der Waals surface area contributed by atoms with Gasteiger partial charge in [-0.2, -0.15) is 0 Å². The van der Waals surface area contributed by atoms with E-state index in [4.69, 9.17) is 9.84 Å². The standard InChI is InChI=1S/C17H22N2O6/c1-11(2)8-13(16(22)23)18-15(21)14(9-20)19-17(24)25-10-12-6-4-3-5-7-12/h3-7,13-14,20H,1,8-10H2,2H3,(H,18,21)(H,19,24)(H,22,23)/t13-,14-/m0/s1. The summed E-state index contributed by atoms with van der Waals surface area (Å²) in [5.41, 5.74) is 1.33. The largest absolute Gasteiger partial charge is 0.480 e. The summed E-state index contributed by atoms with van der Waals surface area (Å²) in [4.78, 5) is 34.9. The van der Waals surface area contributed by atoms with Crippen LogP contribution in [0.15, 0.2) is 42.5 Å². The monoisotopic (exact) mass is 350 g/mol. The van der Waals surface area contributed by atoms with Crippen LogP contribution >= 0.6 is 0 Å². The van der Waals surface area contributed by atoms with Crippen molar-refractivity contribution in [2.45, 2.75) is 32.0 Å². The average Bonchev–Trinajstić information content (AvgIpc) is 2.57. The summed E-state index contributed by atoms with van der Waals surface area (Å²) < 4.78 is 4.96. The van der Waals surface area contributed by atoms with Crippen LogP contribution in [0.4, 0.5) is 4.79 Å². The molecule has 0 heterocycles. The van der Waals surface area contributed by atoms with Crippen molar-refractivity contribution in [1.82, 2.24) is 10.6 Å². The molecule has 0 spiro atoms. The maximum absolute atomic E-state index is 12.0. The number of aliphatic carboxylic acids is 1. The van der Waals surface area contributed by atoms with Crippen molar-refractivity contribution >= 4 is 18.0 Å². The van der Waals surface area contributed by atoms with E-state index in [9.17, 15) is 19.5 Å². The van der Waals surface area contributed by atoms with Crippen molar-refractivity contribution in [2.24, 2.45) is 0 Å². The highest BCUT2D eigenvalue weighted by Crippen LogP contribution is 2.04. The fraction of sp³-hybridized carbons (Fsp3) is 0.353. The summed E-state index contributed by atoms with van der Waals surface area (Å²) in [6, 6.07) is 6.40. The lowest BCUT2D eigenvalue weighted by atomic mass is 10.1. The van der Waals surface area contributed by atoms with Crippen molar-refractivity contribution in [3.63, 3.8) is 0 Å². The molecule has 0 fully saturated rings. The molecule has 0 aromatic heterocycles. The number of carboxylic acid groups (broad SMARTS) is 1. The number of carbonyl (C=O) groups excluding carboxylic acids is 2. The van der Waals surface area contributed by atoms with E-state index in [1.54, 1.807) is 31.2 Å². The molecular weight excluding hydrogens is 328 g/mol. The maximum Gasteiger partial charge on any atom is 0.408 e. The number of amides is 2. The molecule has 8 nitrogen and oxygen atoms in total. The number of aliphatic hydroxyl groups excluding tert-OH is 1. The van der Waals surface area contributed by atoms with E-state index < -0.39 is 36.7 Å². The molecule has 25 heavy (non-hydrogen) atoms. The zero-order valence-corrected chi connectivity index (χ0v) is 13.9. The maximum atomic E-state index is 12.0. The van der Waals surface area contributed by atoms with Gasteiger partial charge in [0.1, 0.15) is 18.7 Å². The van der Waals surface area contributed by atoms with Crippen LogP contribution in [0.5, 0.6) is 0 Å². The van der Waals surface area contributed by atoms with Gasteiger partial charge in [-0.3, -0.25) is 4.79 Å². The van der Waals surface area contributed by atoms with Crippen LogP contribution < -0.4 is 10.6 Å². The van der Waals surface area contributed by atoms with Crippen LogP contribution in [0.2, 0.25) is 0 Å². The van der Waals surface area contributed by atoms with Crippen molar-refractivity contribution < 1.29 is 29.3 Å². The van der Waals surface area contributed by atoms with Gasteiger partial charge >= 0.3 is 12.1 Å². The van der Waals surface area contributed by atoms with Crippen molar-refractivity contribution in [3.05, 3.63) is 48.0 Å². The van der Waals surface area contributed by atoms with Crippen molar-refractivity contribution in [2.75, 3.05) is 6.61 Å². The van der Waals surface area contributed by atoms with E-state index >= 15 is 0 Å². The van der Waals surface area contributed by atoms with Crippen molar-refractivity contribution in [3.8, 4) is 0 Å². The van der Waals surface area contributed by atoms with Crippen LogP contribution in [-0.2, 0) is 20.9 Å². The molecule has 0 radical (unpaired) electrons. The number of carboxylic acids is 1. The topological polar surface area (TPSA) is 125 Å². The van der Waals surface area contributed by atoms with Gasteiger partial charge in [0.25, 0.3) is 0 Å². The predicted molar refractivity (Wildman–Crippen MR) is 89.6 cm³/mol. The summed E-state index contributed by atoms with van der Waals surface area (Å²) in [5, 5.41) is 22.8. The van der Waals surface area contributed by atoms with Gasteiger partial charge in [0.15, 0.2) is 0 Å². The Morgan fingerprint density at radius 2 is 1.80 bits per heavy atom. The third-order valence-corrected chi connectivity index (χ3v) is 3.17. The first-order valence-corrected chi connectivity index (χ1v) is 7.59. The Hall–Kier alpha value is -2.87. The molecule has 0 saturated heterocycles. The second kappa shape index (κ2) is 10.1. The number of rotatable bonds is 9. The van der Waals surface area contributed by atoms with Gasteiger partial charge in [-0.1, -0.05) is 35.9 Å². The van der Waals surface area contributed by atoms with Gasteiger partial charge in [0.2, 0.25) is 5.91 Å². The van der Waals surface area contributed by atoms with Gasteiger partial charge in [-0.05, 0) is 18.9 Å². The molecule has 2 amide bonds. The van der Waals surface area contributed by atoms with E-state index in [1.165, 1.54) is 0 Å². The predicted octanol–water partition coefficient (Wildman–Crippen LogP) is 0.809. The Kier molecular flexibility index (Phi) is 8.14. The zero-order chi connectivity index (χ0) is 18.8. The average molecular weight is 350 g/mol. The zero-order valence-electron chi connectivity index (χ0n) is 13.9. The lowest BCUT2D eigenvalue weighted by Gasteiger charge is -2.20. The lowest BCUT2D eigenvalue weighted by Crippen LogP contribution is -2.53. The number of aliphatic hydroxyl groups is 1. The second-order valence-electron chi connectivity index (χ2n) is 5.50. The van der Waals surface area contributed by atoms with E-state index in [-0.39, 0.29) is 13.0 Å². The molecule has 8 heteroatoms. The minimum absolute atomic E-state index is 0.000148. The molecule has 2 atom stereocenters. The number of hydrogen-bond donors (Lipinski definition) is 4. The van der Waals surface area contributed by atoms with Gasteiger partial charge < -0.3 is 25.6 Å². The molecule has 1 aromatic rings. The third kappa shape index (κ3) is 7.49. The summed E-state index contributed by atoms with van der Waals surface area (Å²) in [6.45, 7) is 4.52. The molecule has 4 N–H and O–H groups in total. The SMILES string of the molecule is C=C(C)C[C@H](NC(=O)[C@H](CO)NC(=O)OCc1ccccc1)C(=O)O. The van der Waals surface area contributed by atoms with E-state index in [0.717, 1.165) is 5.56 Å². The molecule has 0 bridgehead atoms. The van der Waals surface area contributed by atoms with E-state index in [2.05, 4.69) is 17.2 Å². The number of ether oxygens (including phenoxy) is 1. The molecular formula is C17H22N2O6. The van der Waals surface area contributed by atoms with Crippen molar-refractivity contribution in [1.29, 1.82) is 0 Å². The van der Waals surface area contributed by atoms with Gasteiger partial charge in [0, 0.05) is 0 Å². The van der Waals surface area contributed by atoms with E-state index in [0.29, 0.717) is 5.57 Å². The molecule has 1 aromatic carbocycles. The molecule has 0 aliphatic heterocycles. The van der Waals surface area contributed by atoms with Crippen LogP contribution in [0.25, 0.3) is 0 Å². The molecule has 136 valence electrons. The summed E-state index contributed by atoms with van der Waals surface area (Å²) in [7, 11) is 0. The first kappa shape index (κ1) is 20.2. The fourth-order valence-corrected chi connectivity index (χ4v) is 1.92. The minimum Gasteiger partial charge on any atom is -0.480 e. The summed E-state index contributed by atoms with van der Waals surface area (Å²) in [5.74, 6) is -2.06. The van der Waals surface area contributed by atoms with Crippen LogP contribution in [0.3, 0.4) is 0 Å². The lowest BCUT2D eigenvalue weighted by molar-refractivity contribution is -0.142. The Morgan fingerprint density at radius 1 is 1.16 bits per heavy atom. The molecule has 0 saturated carbocycles. The molecule has 0 aliphatic rings. The van der Waals surface area contributed by atoms with Crippen LogP contribution in [0, 0.1) is 0 Å². The summed E-state index contributed by atoms with van der Waals surface area (Å²) in [6.07, 6.45) is -0.859. The van der Waals surface area contributed by atoms with Gasteiger partial charge in [-0.15, -0.1) is 6.58 Å². The fourth-order valence-electron chi connectivity index (χ4n) is 1.92. The number of hydrogen-bond acceptors (Lipinski definition) is 5.